The Hall–Kier alpha value is -2.94. The molecule has 8 heteroatoms. The van der Waals surface area contributed by atoms with Crippen LogP contribution in [0, 0.1) is 13.8 Å². The van der Waals surface area contributed by atoms with E-state index >= 15 is 0 Å². The molecule has 0 radical (unpaired) electrons. The van der Waals surface area contributed by atoms with Gasteiger partial charge < -0.3 is 18.8 Å². The molecule has 0 amide bonds. The van der Waals surface area contributed by atoms with Gasteiger partial charge in [-0.25, -0.2) is 21.1 Å². The molecule has 0 aliphatic heterocycles. The molecule has 0 aromatic heterocycles. The van der Waals surface area contributed by atoms with Crippen LogP contribution < -0.4 is 43.2 Å². The molecule has 234 valence electrons. The van der Waals surface area contributed by atoms with E-state index < -0.39 is 5.97 Å². The molecule has 45 heavy (non-hydrogen) atoms. The van der Waals surface area contributed by atoms with Crippen molar-refractivity contribution in [1.29, 1.82) is 0 Å². The number of carbonyl (C=O) groups is 2. The molecule has 0 fully saturated rings. The van der Waals surface area contributed by atoms with Crippen LogP contribution in [0.25, 0.3) is 0 Å². The first-order valence-corrected chi connectivity index (χ1v) is 15.1. The van der Waals surface area contributed by atoms with Crippen molar-refractivity contribution >= 4 is 28.0 Å². The summed E-state index contributed by atoms with van der Waals surface area (Å²) in [5.41, 5.74) is 7.46. The van der Waals surface area contributed by atoms with Crippen LogP contribution in [-0.4, -0.2) is 16.9 Å². The Morgan fingerprint density at radius 3 is 1.38 bits per heavy atom. The van der Waals surface area contributed by atoms with E-state index in [4.69, 9.17) is 13.7 Å². The van der Waals surface area contributed by atoms with Gasteiger partial charge in [0.25, 0.3) is 0 Å². The van der Waals surface area contributed by atoms with Crippen molar-refractivity contribution in [2.24, 2.45) is 0 Å². The molecule has 0 saturated carbocycles. The predicted molar refractivity (Wildman–Crippen MR) is 178 cm³/mol. The number of halogens is 1. The number of Topliss-reactive ketones (excluding diaryl/α,β-unsaturated/α-hetero) is 1. The number of hydrogen-bond acceptors (Lipinski definition) is 5. The Morgan fingerprint density at radius 1 is 0.689 bits per heavy atom. The number of carboxylic acids is 1. The Balaban J connectivity index is 0.000000418. The molecule has 0 unspecified atom stereocenters. The van der Waals surface area contributed by atoms with Crippen LogP contribution in [0.2, 0.25) is 0 Å². The number of aryl methyl sites for hydroxylation is 2. The molecule has 0 saturated heterocycles. The van der Waals surface area contributed by atoms with Crippen LogP contribution in [0.5, 0.6) is 11.5 Å². The molecule has 0 aliphatic carbocycles. The van der Waals surface area contributed by atoms with Gasteiger partial charge in [0.1, 0.15) is 30.3 Å². The summed E-state index contributed by atoms with van der Waals surface area (Å²) in [4.78, 5) is 23.3. The van der Waals surface area contributed by atoms with Crippen LogP contribution >= 0.6 is 16.3 Å². The third-order valence-corrected chi connectivity index (χ3v) is 7.06. The van der Waals surface area contributed by atoms with Gasteiger partial charge in [-0.3, -0.25) is 4.79 Å². The molecule has 6 nitrogen and oxygen atoms in total. The summed E-state index contributed by atoms with van der Waals surface area (Å²) in [6.07, 6.45) is 0. The topological polar surface area (TPSA) is 95.9 Å². The standard InChI is InChI=1S/C19H22O2.C18H20O3.BrO.Na/c1-13(2)17-11-18(15(4)20)19(10-14(17)3)21-12-16-8-6-5-7-9-16;1-12(2)15-10-16(18(19)20)17(9-13(15)3)21-11-14-7-5-4-6-8-14;1-2;/h5-11,13H,12H2,1-4H3;4-10,12H,11H2,1-3H3,(H,19,20);;/q;;-1;+1. The van der Waals surface area contributed by atoms with Gasteiger partial charge in [0, 0.05) is 0 Å². The van der Waals surface area contributed by atoms with Crippen molar-refractivity contribution in [3.8, 4) is 11.5 Å². The van der Waals surface area contributed by atoms with Gasteiger partial charge in [0.15, 0.2) is 5.78 Å². The fraction of sp³-hybridized carbons (Fsp3) is 0.297. The van der Waals surface area contributed by atoms with Gasteiger partial charge in [0.2, 0.25) is 0 Å². The zero-order valence-electron chi connectivity index (χ0n) is 27.5. The van der Waals surface area contributed by atoms with Crippen molar-refractivity contribution in [3.05, 3.63) is 129 Å². The second-order valence-corrected chi connectivity index (χ2v) is 11.1. The molecule has 4 aromatic carbocycles. The Labute approximate surface area is 298 Å². The molecular formula is C37H42BrNaO6. The van der Waals surface area contributed by atoms with E-state index in [0.29, 0.717) is 36.2 Å². The van der Waals surface area contributed by atoms with Crippen LogP contribution in [0.3, 0.4) is 0 Å². The van der Waals surface area contributed by atoms with Crippen LogP contribution in [0.1, 0.15) is 101 Å². The molecule has 0 atom stereocenters. The van der Waals surface area contributed by atoms with E-state index in [2.05, 4.69) is 34.6 Å². The average molecular weight is 686 g/mol. The first kappa shape index (κ1) is 40.1. The minimum absolute atomic E-state index is 0. The average Bonchev–Trinajstić information content (AvgIpc) is 3.00. The predicted octanol–water partition coefficient (Wildman–Crippen LogP) is 5.96. The minimum atomic E-state index is -0.958. The first-order valence-electron chi connectivity index (χ1n) is 14.5. The van der Waals surface area contributed by atoms with Crippen molar-refractivity contribution in [2.45, 2.75) is 73.5 Å². The minimum Gasteiger partial charge on any atom is -0.791 e. The summed E-state index contributed by atoms with van der Waals surface area (Å²) < 4.78 is 19.7. The van der Waals surface area contributed by atoms with E-state index in [1.165, 1.54) is 5.56 Å². The van der Waals surface area contributed by atoms with Gasteiger partial charge in [-0.1, -0.05) is 88.4 Å². The molecule has 0 spiro atoms. The van der Waals surface area contributed by atoms with E-state index in [1.54, 1.807) is 29.2 Å². The third-order valence-electron chi connectivity index (χ3n) is 7.06. The summed E-state index contributed by atoms with van der Waals surface area (Å²) in [7, 11) is 0. The summed E-state index contributed by atoms with van der Waals surface area (Å²) in [5, 5.41) is 9.38. The first-order chi connectivity index (χ1) is 21.0. The van der Waals surface area contributed by atoms with E-state index in [-0.39, 0.29) is 46.8 Å². The van der Waals surface area contributed by atoms with Gasteiger partial charge >= 0.3 is 35.5 Å². The summed E-state index contributed by atoms with van der Waals surface area (Å²) in [5.74, 6) is 0.860. The van der Waals surface area contributed by atoms with Crippen molar-refractivity contribution in [3.63, 3.8) is 0 Å². The molecule has 1 N–H and O–H groups in total. The monoisotopic (exact) mass is 684 g/mol. The number of benzene rings is 4. The number of ether oxygens (including phenoxy) is 2. The molecule has 4 aromatic rings. The maximum atomic E-state index is 11.9. The van der Waals surface area contributed by atoms with Gasteiger partial charge in [-0.15, -0.1) is 0 Å². The van der Waals surface area contributed by atoms with Crippen LogP contribution in [0.15, 0.2) is 84.9 Å². The Kier molecular flexibility index (Phi) is 18.0. The van der Waals surface area contributed by atoms with Crippen LogP contribution in [0.4, 0.5) is 0 Å². The van der Waals surface area contributed by atoms with Gasteiger partial charge in [-0.2, -0.15) is 0 Å². The second kappa shape index (κ2) is 20.2. The number of rotatable bonds is 10. The number of ketones is 1. The smallest absolute Gasteiger partial charge is 0.791 e. The quantitative estimate of drug-likeness (QED) is 0.164. The molecule has 0 bridgehead atoms. The molecule has 4 rings (SSSR count). The zero-order valence-corrected chi connectivity index (χ0v) is 31.1. The Morgan fingerprint density at radius 2 is 1.04 bits per heavy atom. The number of aromatic carboxylic acids is 1. The maximum absolute atomic E-state index is 11.9. The number of carboxylic acid groups (broad SMARTS) is 1. The zero-order chi connectivity index (χ0) is 32.8. The van der Waals surface area contributed by atoms with E-state index in [0.717, 1.165) is 27.8 Å². The van der Waals surface area contributed by atoms with E-state index in [1.807, 2.05) is 85.8 Å². The largest absolute Gasteiger partial charge is 1.00 e. The fourth-order valence-corrected chi connectivity index (χ4v) is 4.79. The fourth-order valence-electron chi connectivity index (χ4n) is 4.79. The second-order valence-electron chi connectivity index (χ2n) is 11.1. The van der Waals surface area contributed by atoms with Crippen molar-refractivity contribution < 1.29 is 57.9 Å². The summed E-state index contributed by atoms with van der Waals surface area (Å²) in [6.45, 7) is 14.8. The third kappa shape index (κ3) is 12.4. The van der Waals surface area contributed by atoms with Crippen molar-refractivity contribution in [2.75, 3.05) is 0 Å². The normalized spacial score (nSPS) is 10.1. The number of hydrogen-bond donors (Lipinski definition) is 1. The van der Waals surface area contributed by atoms with Gasteiger partial charge in [-0.05, 0) is 90.3 Å². The Bertz CT molecular complexity index is 1390. The SMILES string of the molecule is CC(=O)c1cc(C(C)C)c(C)cc1OCc1ccccc1.Cc1cc(OCc2ccccc2)c(C(=O)O)cc1C(C)C.[Na+].[O-]Br. The van der Waals surface area contributed by atoms with Gasteiger partial charge in [0.05, 0.1) is 5.56 Å². The van der Waals surface area contributed by atoms with Crippen LogP contribution in [-0.2, 0) is 13.2 Å². The molecule has 0 aliphatic rings. The number of carbonyl (C=O) groups excluding carboxylic acids is 1. The summed E-state index contributed by atoms with van der Waals surface area (Å²) >= 11 is 1.69. The maximum Gasteiger partial charge on any atom is 1.00 e. The van der Waals surface area contributed by atoms with Crippen molar-refractivity contribution in [1.82, 2.24) is 0 Å². The van der Waals surface area contributed by atoms with E-state index in [9.17, 15) is 14.7 Å². The molecule has 0 heterocycles. The molecular weight excluding hydrogens is 643 g/mol. The summed E-state index contributed by atoms with van der Waals surface area (Å²) in [6, 6.07) is 27.2.